The predicted octanol–water partition coefficient (Wildman–Crippen LogP) is 7.72. The molecule has 3 amide bonds. The zero-order valence-electron chi connectivity index (χ0n) is 24.0. The van der Waals surface area contributed by atoms with Gasteiger partial charge in [0, 0.05) is 31.6 Å². The summed E-state index contributed by atoms with van der Waals surface area (Å²) in [5, 5.41) is 10.8. The van der Waals surface area contributed by atoms with E-state index in [0.717, 1.165) is 31.9 Å². The Morgan fingerprint density at radius 3 is 2.44 bits per heavy atom. The van der Waals surface area contributed by atoms with Crippen molar-refractivity contribution < 1.29 is 19.1 Å². The Balaban J connectivity index is 1.18. The largest absolute Gasteiger partial charge is 0.497 e. The van der Waals surface area contributed by atoms with E-state index in [2.05, 4.69) is 36.9 Å². The summed E-state index contributed by atoms with van der Waals surface area (Å²) in [5.41, 5.74) is 3.46. The van der Waals surface area contributed by atoms with Crippen LogP contribution in [0.1, 0.15) is 15.9 Å². The van der Waals surface area contributed by atoms with Crippen molar-refractivity contribution in [3.05, 3.63) is 130 Å². The van der Waals surface area contributed by atoms with Gasteiger partial charge >= 0.3 is 0 Å². The number of thiazole rings is 1. The van der Waals surface area contributed by atoms with Crippen LogP contribution in [-0.4, -0.2) is 35.6 Å². The molecule has 226 valence electrons. The van der Waals surface area contributed by atoms with Crippen LogP contribution >= 0.6 is 39.0 Å². The summed E-state index contributed by atoms with van der Waals surface area (Å²) in [4.78, 5) is 44.1. The van der Waals surface area contributed by atoms with Gasteiger partial charge in [0.25, 0.3) is 11.8 Å². The molecule has 0 saturated carbocycles. The van der Waals surface area contributed by atoms with Crippen LogP contribution < -0.4 is 20.7 Å². The molecule has 0 aliphatic carbocycles. The monoisotopic (exact) mass is 698 g/mol. The Bertz CT molecular complexity index is 1840. The van der Waals surface area contributed by atoms with Crippen molar-refractivity contribution in [3.8, 4) is 17.0 Å². The number of ether oxygens (including phenoxy) is 1. The molecule has 1 aromatic heterocycles. The average Bonchev–Trinajstić information content (AvgIpc) is 3.53. The second kappa shape index (κ2) is 15.3. The Morgan fingerprint density at radius 2 is 1.69 bits per heavy atom. The highest BCUT2D eigenvalue weighted by atomic mass is 79.9. The third kappa shape index (κ3) is 9.15. The Kier molecular flexibility index (Phi) is 10.8. The summed E-state index contributed by atoms with van der Waals surface area (Å²) in [6.07, 6.45) is 1.62. The first-order valence-electron chi connectivity index (χ1n) is 13.6. The first kappa shape index (κ1) is 31.7. The molecule has 1 heterocycles. The zero-order chi connectivity index (χ0) is 31.6. The number of halogens is 1. The Labute approximate surface area is 277 Å². The number of benzene rings is 4. The number of carbonyl (C=O) groups is 3. The number of nitrogens with one attached hydrogen (secondary N) is 3. The van der Waals surface area contributed by atoms with Crippen LogP contribution in [0.25, 0.3) is 17.3 Å². The van der Waals surface area contributed by atoms with Crippen LogP contribution in [0.4, 0.5) is 10.8 Å². The van der Waals surface area contributed by atoms with Crippen LogP contribution in [0, 0.1) is 0 Å². The van der Waals surface area contributed by atoms with Gasteiger partial charge in [-0.05, 0) is 72.3 Å². The minimum Gasteiger partial charge on any atom is -0.497 e. The van der Waals surface area contributed by atoms with E-state index in [1.54, 1.807) is 49.6 Å². The van der Waals surface area contributed by atoms with Crippen molar-refractivity contribution in [1.29, 1.82) is 0 Å². The van der Waals surface area contributed by atoms with Crippen molar-refractivity contribution in [3.63, 3.8) is 0 Å². The first-order valence-corrected chi connectivity index (χ1v) is 16.3. The van der Waals surface area contributed by atoms with Gasteiger partial charge in [-0.1, -0.05) is 58.4 Å². The lowest BCUT2D eigenvalue weighted by atomic mass is 10.1. The van der Waals surface area contributed by atoms with Crippen LogP contribution in [-0.2, 0) is 9.59 Å². The van der Waals surface area contributed by atoms with Crippen molar-refractivity contribution in [2.45, 2.75) is 4.90 Å². The quantitative estimate of drug-likeness (QED) is 0.0963. The Morgan fingerprint density at radius 1 is 0.911 bits per heavy atom. The number of hydrogen-bond acceptors (Lipinski definition) is 7. The molecule has 0 aliphatic heterocycles. The molecule has 0 saturated heterocycles. The summed E-state index contributed by atoms with van der Waals surface area (Å²) in [6, 6.07) is 30.8. The first-order chi connectivity index (χ1) is 21.9. The fraction of sp³-hybridized carbons (Fsp3) is 0.0588. The highest BCUT2D eigenvalue weighted by molar-refractivity contribution is 9.10. The molecule has 3 N–H and O–H groups in total. The average molecular weight is 700 g/mol. The van der Waals surface area contributed by atoms with E-state index < -0.39 is 11.8 Å². The van der Waals surface area contributed by atoms with Crippen molar-refractivity contribution in [1.82, 2.24) is 10.3 Å². The summed E-state index contributed by atoms with van der Waals surface area (Å²) >= 11 is 6.15. The highest BCUT2D eigenvalue weighted by Crippen LogP contribution is 2.28. The number of anilines is 2. The smallest absolute Gasteiger partial charge is 0.272 e. The second-order valence-electron chi connectivity index (χ2n) is 9.52. The van der Waals surface area contributed by atoms with Crippen molar-refractivity contribution >= 4 is 73.6 Å². The number of methoxy groups -OCH3 is 1. The summed E-state index contributed by atoms with van der Waals surface area (Å²) in [7, 11) is 1.61. The molecule has 8 nitrogen and oxygen atoms in total. The van der Waals surface area contributed by atoms with Crippen LogP contribution in [0.15, 0.2) is 124 Å². The third-order valence-corrected chi connectivity index (χ3v) is 8.55. The molecule has 0 unspecified atom stereocenters. The second-order valence-corrected chi connectivity index (χ2v) is 12.3. The van der Waals surface area contributed by atoms with Crippen LogP contribution in [0.5, 0.6) is 5.75 Å². The fourth-order valence-electron chi connectivity index (χ4n) is 4.09. The van der Waals surface area contributed by atoms with Gasteiger partial charge in [0.15, 0.2) is 5.13 Å². The summed E-state index contributed by atoms with van der Waals surface area (Å²) in [6.45, 7) is 0. The van der Waals surface area contributed by atoms with Gasteiger partial charge in [-0.2, -0.15) is 0 Å². The van der Waals surface area contributed by atoms with Gasteiger partial charge in [0.2, 0.25) is 5.91 Å². The van der Waals surface area contributed by atoms with Crippen LogP contribution in [0.3, 0.4) is 0 Å². The van der Waals surface area contributed by atoms with Gasteiger partial charge in [-0.25, -0.2) is 4.98 Å². The molecule has 0 aliphatic rings. The van der Waals surface area contributed by atoms with E-state index in [-0.39, 0.29) is 17.4 Å². The fourth-order valence-corrected chi connectivity index (χ4v) is 5.94. The van der Waals surface area contributed by atoms with E-state index in [4.69, 9.17) is 4.74 Å². The van der Waals surface area contributed by atoms with Crippen LogP contribution in [0.2, 0.25) is 0 Å². The molecule has 45 heavy (non-hydrogen) atoms. The predicted molar refractivity (Wildman–Crippen MR) is 185 cm³/mol. The Hall–Kier alpha value is -4.71. The van der Waals surface area contributed by atoms with Gasteiger partial charge in [0.1, 0.15) is 11.4 Å². The van der Waals surface area contributed by atoms with E-state index >= 15 is 0 Å². The normalized spacial score (nSPS) is 11.0. The maximum absolute atomic E-state index is 13.3. The number of amides is 3. The number of aromatic nitrogens is 1. The number of nitrogens with zero attached hydrogens (tertiary/aromatic N) is 1. The molecule has 0 bridgehead atoms. The van der Waals surface area contributed by atoms with Crippen molar-refractivity contribution in [2.24, 2.45) is 0 Å². The molecule has 0 atom stereocenters. The lowest BCUT2D eigenvalue weighted by molar-refractivity contribution is -0.114. The van der Waals surface area contributed by atoms with Gasteiger partial charge in [-0.3, -0.25) is 14.4 Å². The standard InChI is InChI=1S/C34H27BrN4O4S2/c1-43-27-12-6-10-24(19-27)30-20-45-34(38-30)39-31(40)21-44-28-15-13-26(14-16-28)36-33(42)29(18-22-7-5-11-25(35)17-22)37-32(41)23-8-3-2-4-9-23/h2-20H,21H2,1H3,(H,36,42)(H,37,41)(H,38,39,40)/b29-18-. The SMILES string of the molecule is COc1cccc(-c2csc(NC(=O)CSc3ccc(NC(=O)/C(=C/c4cccc(Br)c4)NC(=O)c4ccccc4)cc3)n2)c1. The number of rotatable bonds is 11. The number of carbonyl (C=O) groups excluding carboxylic acids is 3. The zero-order valence-corrected chi connectivity index (χ0v) is 27.2. The van der Waals surface area contributed by atoms with E-state index in [0.29, 0.717) is 16.4 Å². The van der Waals surface area contributed by atoms with Gasteiger partial charge in [-0.15, -0.1) is 23.1 Å². The molecule has 0 fully saturated rings. The third-order valence-electron chi connectivity index (χ3n) is 6.29. The van der Waals surface area contributed by atoms with Gasteiger partial charge in [0.05, 0.1) is 18.6 Å². The maximum Gasteiger partial charge on any atom is 0.272 e. The van der Waals surface area contributed by atoms with E-state index in [9.17, 15) is 14.4 Å². The van der Waals surface area contributed by atoms with Gasteiger partial charge < -0.3 is 20.7 Å². The number of hydrogen-bond donors (Lipinski definition) is 3. The molecule has 0 spiro atoms. The summed E-state index contributed by atoms with van der Waals surface area (Å²) < 4.78 is 6.12. The highest BCUT2D eigenvalue weighted by Gasteiger charge is 2.16. The molecule has 11 heteroatoms. The molecule has 0 radical (unpaired) electrons. The lowest BCUT2D eigenvalue weighted by Crippen LogP contribution is -2.30. The van der Waals surface area contributed by atoms with Crippen molar-refractivity contribution in [2.75, 3.05) is 23.5 Å². The molecular weight excluding hydrogens is 672 g/mol. The lowest BCUT2D eigenvalue weighted by Gasteiger charge is -2.12. The topological polar surface area (TPSA) is 109 Å². The maximum atomic E-state index is 13.3. The van der Waals surface area contributed by atoms with E-state index in [1.165, 1.54) is 23.1 Å². The molecule has 5 rings (SSSR count). The van der Waals surface area contributed by atoms with E-state index in [1.807, 2.05) is 72.1 Å². The minimum atomic E-state index is -0.476. The molecule has 4 aromatic carbocycles. The molecule has 5 aromatic rings. The summed E-state index contributed by atoms with van der Waals surface area (Å²) in [5.74, 6) is -0.131. The number of thioether (sulfide) groups is 1. The molecular formula is C34H27BrN4O4S2. The minimum absolute atomic E-state index is 0.0915.